The van der Waals surface area contributed by atoms with E-state index in [4.69, 9.17) is 0 Å². The van der Waals surface area contributed by atoms with Crippen LogP contribution in [0.5, 0.6) is 0 Å². The summed E-state index contributed by atoms with van der Waals surface area (Å²) in [6.45, 7) is 1.90. The molecule has 2 heterocycles. The van der Waals surface area contributed by atoms with Gasteiger partial charge in [0.2, 0.25) is 0 Å². The molecule has 0 radical (unpaired) electrons. The summed E-state index contributed by atoms with van der Waals surface area (Å²) in [6, 6.07) is 30.3. The van der Waals surface area contributed by atoms with E-state index in [-0.39, 0.29) is 5.91 Å². The predicted molar refractivity (Wildman–Crippen MR) is 156 cm³/mol. The Balaban J connectivity index is 1.07. The molecule has 0 aliphatic carbocycles. The monoisotopic (exact) mass is 538 g/mol. The Kier molecular flexibility index (Phi) is 6.70. The van der Waals surface area contributed by atoms with Gasteiger partial charge in [0.05, 0.1) is 27.3 Å². The van der Waals surface area contributed by atoms with Crippen LogP contribution in [-0.4, -0.2) is 16.6 Å². The van der Waals surface area contributed by atoms with E-state index in [1.54, 1.807) is 34.9 Å². The molecule has 5 nitrogen and oxygen atoms in total. The van der Waals surface area contributed by atoms with Gasteiger partial charge in [-0.3, -0.25) is 4.79 Å². The van der Waals surface area contributed by atoms with Crippen LogP contribution < -0.4 is 10.7 Å². The van der Waals surface area contributed by atoms with Crippen molar-refractivity contribution in [3.8, 4) is 0 Å². The number of hydrogen-bond donors (Lipinski definition) is 2. The molecule has 1 amide bonds. The SMILES string of the molecule is C/C(=N\NC(=O)c1ccc(CSc2nc3ccccc3s2)cc1)c1ccc2c(c1)Nc1ccccc1S2. The van der Waals surface area contributed by atoms with E-state index in [9.17, 15) is 4.79 Å². The second-order valence-electron chi connectivity index (χ2n) is 8.51. The number of amides is 1. The summed E-state index contributed by atoms with van der Waals surface area (Å²) in [7, 11) is 0. The number of thiazole rings is 1. The van der Waals surface area contributed by atoms with Crippen LogP contribution in [0.2, 0.25) is 0 Å². The van der Waals surface area contributed by atoms with Crippen molar-refractivity contribution in [2.24, 2.45) is 5.10 Å². The molecule has 2 N–H and O–H groups in total. The molecule has 0 bridgehead atoms. The van der Waals surface area contributed by atoms with Gasteiger partial charge in [0.1, 0.15) is 0 Å². The molecule has 0 atom stereocenters. The van der Waals surface area contributed by atoms with Crippen LogP contribution in [0.1, 0.15) is 28.4 Å². The number of fused-ring (bicyclic) bond motifs is 3. The molecule has 4 aromatic carbocycles. The Bertz CT molecular complexity index is 1610. The Morgan fingerprint density at radius 2 is 1.68 bits per heavy atom. The first-order valence-corrected chi connectivity index (χ1v) is 14.3. The van der Waals surface area contributed by atoms with Crippen molar-refractivity contribution in [2.75, 3.05) is 5.32 Å². The van der Waals surface area contributed by atoms with E-state index < -0.39 is 0 Å². The Labute approximate surface area is 227 Å². The summed E-state index contributed by atoms with van der Waals surface area (Å²) in [6.07, 6.45) is 0. The zero-order valence-electron chi connectivity index (χ0n) is 19.9. The maximum absolute atomic E-state index is 12.7. The van der Waals surface area contributed by atoms with Crippen molar-refractivity contribution in [1.82, 2.24) is 10.4 Å². The molecule has 0 saturated carbocycles. The highest BCUT2D eigenvalue weighted by atomic mass is 32.2. The number of thioether (sulfide) groups is 1. The fourth-order valence-electron chi connectivity index (χ4n) is 3.94. The number of carbonyl (C=O) groups excluding carboxylic acids is 1. The van der Waals surface area contributed by atoms with Gasteiger partial charge in [-0.15, -0.1) is 11.3 Å². The number of aromatic nitrogens is 1. The van der Waals surface area contributed by atoms with Gasteiger partial charge >= 0.3 is 0 Å². The second kappa shape index (κ2) is 10.4. The average Bonchev–Trinajstić information content (AvgIpc) is 3.36. The molecule has 0 saturated heterocycles. The fourth-order valence-corrected chi connectivity index (χ4v) is 6.93. The van der Waals surface area contributed by atoms with Crippen LogP contribution in [0.25, 0.3) is 10.2 Å². The number of benzene rings is 4. The van der Waals surface area contributed by atoms with Crippen molar-refractivity contribution in [1.29, 1.82) is 0 Å². The van der Waals surface area contributed by atoms with E-state index in [1.807, 2.05) is 67.6 Å². The Morgan fingerprint density at radius 3 is 2.54 bits per heavy atom. The normalized spacial score (nSPS) is 12.5. The number of hydrogen-bond acceptors (Lipinski definition) is 7. The number of nitrogens with one attached hydrogen (secondary N) is 2. The van der Waals surface area contributed by atoms with Gasteiger partial charge in [-0.05, 0) is 66.6 Å². The third-order valence-electron chi connectivity index (χ3n) is 5.95. The number of carbonyl (C=O) groups is 1. The smallest absolute Gasteiger partial charge is 0.271 e. The average molecular weight is 539 g/mol. The highest BCUT2D eigenvalue weighted by Gasteiger charge is 2.16. The zero-order valence-corrected chi connectivity index (χ0v) is 22.3. The summed E-state index contributed by atoms with van der Waals surface area (Å²) in [5, 5.41) is 7.85. The van der Waals surface area contributed by atoms with E-state index in [1.165, 1.54) is 14.5 Å². The summed E-state index contributed by atoms with van der Waals surface area (Å²) >= 11 is 5.16. The third-order valence-corrected chi connectivity index (χ3v) is 9.35. The minimum Gasteiger partial charge on any atom is -0.354 e. The highest BCUT2D eigenvalue weighted by molar-refractivity contribution is 8.00. The minimum absolute atomic E-state index is 0.231. The molecule has 182 valence electrons. The maximum atomic E-state index is 12.7. The quantitative estimate of drug-likeness (QED) is 0.128. The van der Waals surface area contributed by atoms with Crippen LogP contribution in [0.15, 0.2) is 110 Å². The molecule has 0 unspecified atom stereocenters. The molecule has 6 rings (SSSR count). The van der Waals surface area contributed by atoms with Crippen molar-refractivity contribution in [3.05, 3.63) is 108 Å². The van der Waals surface area contributed by atoms with Crippen LogP contribution in [0.4, 0.5) is 11.4 Å². The van der Waals surface area contributed by atoms with Gasteiger partial charge in [0, 0.05) is 21.1 Å². The van der Waals surface area contributed by atoms with Crippen molar-refractivity contribution in [3.63, 3.8) is 0 Å². The molecular formula is C29H22N4OS3. The van der Waals surface area contributed by atoms with Crippen molar-refractivity contribution in [2.45, 2.75) is 26.8 Å². The Morgan fingerprint density at radius 1 is 0.919 bits per heavy atom. The lowest BCUT2D eigenvalue weighted by Gasteiger charge is -2.21. The van der Waals surface area contributed by atoms with Gasteiger partial charge in [-0.1, -0.05) is 66.0 Å². The number of nitrogens with zero attached hydrogens (tertiary/aromatic N) is 2. The van der Waals surface area contributed by atoms with Crippen LogP contribution in [-0.2, 0) is 5.75 Å². The maximum Gasteiger partial charge on any atom is 0.271 e. The third kappa shape index (κ3) is 5.27. The molecule has 1 aliphatic rings. The minimum atomic E-state index is -0.231. The Hall–Kier alpha value is -3.59. The first-order valence-electron chi connectivity index (χ1n) is 11.7. The standard InChI is InChI=1S/C29H22N4OS3/c1-18(21-14-15-27-24(16-21)30-22-6-2-4-8-25(22)36-27)32-33-28(34)20-12-10-19(11-13-20)17-35-29-31-23-7-3-5-9-26(23)37-29/h2-16,30H,17H2,1H3,(H,33,34)/b32-18+. The number of para-hydroxylation sites is 2. The van der Waals surface area contributed by atoms with E-state index >= 15 is 0 Å². The van der Waals surface area contributed by atoms with Crippen LogP contribution >= 0.6 is 34.9 Å². The number of anilines is 2. The van der Waals surface area contributed by atoms with Gasteiger partial charge in [0.25, 0.3) is 5.91 Å². The molecule has 37 heavy (non-hydrogen) atoms. The van der Waals surface area contributed by atoms with Crippen LogP contribution in [0, 0.1) is 0 Å². The van der Waals surface area contributed by atoms with Gasteiger partial charge in [0.15, 0.2) is 4.34 Å². The van der Waals surface area contributed by atoms with E-state index in [0.29, 0.717) is 5.56 Å². The lowest BCUT2D eigenvalue weighted by Crippen LogP contribution is -2.19. The molecular weight excluding hydrogens is 517 g/mol. The second-order valence-corrected chi connectivity index (χ2v) is 11.8. The van der Waals surface area contributed by atoms with Crippen molar-refractivity contribution >= 4 is 68.1 Å². The van der Waals surface area contributed by atoms with Gasteiger partial charge in [-0.2, -0.15) is 5.10 Å². The number of rotatable bonds is 6. The van der Waals surface area contributed by atoms with Gasteiger partial charge < -0.3 is 5.32 Å². The predicted octanol–water partition coefficient (Wildman–Crippen LogP) is 7.95. The van der Waals surface area contributed by atoms with E-state index in [2.05, 4.69) is 51.2 Å². The first-order chi connectivity index (χ1) is 18.1. The zero-order chi connectivity index (χ0) is 25.2. The number of hydrazone groups is 1. The summed E-state index contributed by atoms with van der Waals surface area (Å²) in [5.74, 6) is 0.568. The summed E-state index contributed by atoms with van der Waals surface area (Å²) in [5.41, 5.74) is 9.28. The first kappa shape index (κ1) is 23.8. The fraction of sp³-hybridized carbons (Fsp3) is 0.0690. The van der Waals surface area contributed by atoms with Crippen LogP contribution in [0.3, 0.4) is 0 Å². The lowest BCUT2D eigenvalue weighted by atomic mass is 10.1. The molecule has 1 aliphatic heterocycles. The van der Waals surface area contributed by atoms with E-state index in [0.717, 1.165) is 43.8 Å². The van der Waals surface area contributed by atoms with Crippen molar-refractivity contribution < 1.29 is 4.79 Å². The summed E-state index contributed by atoms with van der Waals surface area (Å²) < 4.78 is 2.25. The summed E-state index contributed by atoms with van der Waals surface area (Å²) in [4.78, 5) is 19.7. The molecule has 8 heteroatoms. The molecule has 5 aromatic rings. The topological polar surface area (TPSA) is 66.4 Å². The molecule has 1 aromatic heterocycles. The molecule has 0 spiro atoms. The molecule has 0 fully saturated rings. The highest BCUT2D eigenvalue weighted by Crippen LogP contribution is 2.44. The lowest BCUT2D eigenvalue weighted by molar-refractivity contribution is 0.0955. The van der Waals surface area contributed by atoms with Gasteiger partial charge in [-0.25, -0.2) is 10.4 Å². The largest absolute Gasteiger partial charge is 0.354 e.